The van der Waals surface area contributed by atoms with Gasteiger partial charge in [-0.1, -0.05) is 27.5 Å². The Morgan fingerprint density at radius 3 is 2.63 bits per heavy atom. The first kappa shape index (κ1) is 18.9. The van der Waals surface area contributed by atoms with Crippen LogP contribution in [0.25, 0.3) is 21.9 Å². The first-order chi connectivity index (χ1) is 12.9. The smallest absolute Gasteiger partial charge is 0.157 e. The van der Waals surface area contributed by atoms with Gasteiger partial charge in [-0.05, 0) is 33.3 Å². The third-order valence-corrected chi connectivity index (χ3v) is 5.89. The van der Waals surface area contributed by atoms with E-state index in [1.165, 1.54) is 0 Å². The summed E-state index contributed by atoms with van der Waals surface area (Å²) in [5, 5.41) is 1.68. The average molecular weight is 452 g/mol. The Balaban J connectivity index is 1.92. The Morgan fingerprint density at radius 1 is 1.19 bits per heavy atom. The number of hydrogen-bond acceptors (Lipinski definition) is 5. The molecular formula is C19H24BrClN6. The molecule has 1 aromatic carbocycles. The molecule has 3 aromatic rings. The van der Waals surface area contributed by atoms with Crippen LogP contribution in [0.15, 0.2) is 22.9 Å². The number of halogens is 2. The second kappa shape index (κ2) is 7.54. The van der Waals surface area contributed by atoms with Crippen LogP contribution in [-0.2, 0) is 6.54 Å². The van der Waals surface area contributed by atoms with Crippen molar-refractivity contribution in [3.05, 3.63) is 28.0 Å². The monoisotopic (exact) mass is 450 g/mol. The molecule has 0 spiro atoms. The van der Waals surface area contributed by atoms with Gasteiger partial charge in [-0.25, -0.2) is 9.97 Å². The number of anilines is 1. The van der Waals surface area contributed by atoms with E-state index in [-0.39, 0.29) is 0 Å². The third-order valence-electron chi connectivity index (χ3n) is 5.14. The molecule has 1 saturated heterocycles. The van der Waals surface area contributed by atoms with Crippen LogP contribution in [0, 0.1) is 0 Å². The van der Waals surface area contributed by atoms with Crippen LogP contribution < -0.4 is 4.90 Å². The highest BCUT2D eigenvalue weighted by atomic mass is 79.9. The van der Waals surface area contributed by atoms with E-state index in [2.05, 4.69) is 56.3 Å². The zero-order valence-corrected chi connectivity index (χ0v) is 18.3. The van der Waals surface area contributed by atoms with Gasteiger partial charge in [-0.2, -0.15) is 0 Å². The quantitative estimate of drug-likeness (QED) is 0.609. The molecule has 2 aromatic heterocycles. The molecule has 0 unspecified atom stereocenters. The average Bonchev–Trinajstić information content (AvgIpc) is 3.03. The molecule has 1 fully saturated rings. The fourth-order valence-corrected chi connectivity index (χ4v) is 4.46. The standard InChI is InChI=1S/C19H24BrClN6/c1-24(2)4-7-27-12-22-17-18(27)16-14(21)10-13(20)11-15(16)23-19(17)26-8-5-25(3)6-9-26/h10-12H,4-9H2,1-3H3. The zero-order valence-electron chi connectivity index (χ0n) is 15.9. The molecule has 0 atom stereocenters. The van der Waals surface area contributed by atoms with Gasteiger partial charge >= 0.3 is 0 Å². The number of fused-ring (bicyclic) bond motifs is 3. The second-order valence-corrected chi connectivity index (χ2v) is 8.77. The van der Waals surface area contributed by atoms with Crippen molar-refractivity contribution in [3.8, 4) is 0 Å². The summed E-state index contributed by atoms with van der Waals surface area (Å²) in [5.41, 5.74) is 2.92. The summed E-state index contributed by atoms with van der Waals surface area (Å²) in [6.07, 6.45) is 1.92. The van der Waals surface area contributed by atoms with Crippen LogP contribution >= 0.6 is 27.5 Å². The summed E-state index contributed by atoms with van der Waals surface area (Å²) >= 11 is 10.2. The summed E-state index contributed by atoms with van der Waals surface area (Å²) in [6, 6.07) is 3.98. The topological polar surface area (TPSA) is 40.4 Å². The van der Waals surface area contributed by atoms with Crippen molar-refractivity contribution in [2.45, 2.75) is 6.54 Å². The molecule has 0 saturated carbocycles. The van der Waals surface area contributed by atoms with E-state index in [1.807, 2.05) is 18.5 Å². The van der Waals surface area contributed by atoms with Crippen LogP contribution in [0.3, 0.4) is 0 Å². The molecule has 3 heterocycles. The lowest BCUT2D eigenvalue weighted by Crippen LogP contribution is -2.44. The molecule has 0 aliphatic carbocycles. The van der Waals surface area contributed by atoms with E-state index in [9.17, 15) is 0 Å². The normalized spacial score (nSPS) is 16.1. The first-order valence-electron chi connectivity index (χ1n) is 9.16. The number of rotatable bonds is 4. The maximum absolute atomic E-state index is 6.65. The molecule has 27 heavy (non-hydrogen) atoms. The summed E-state index contributed by atoms with van der Waals surface area (Å²) in [7, 11) is 6.32. The largest absolute Gasteiger partial charge is 0.352 e. The SMILES string of the molecule is CN(C)CCn1cnc2c(N3CCN(C)CC3)nc3cc(Br)cc(Cl)c3c21. The number of hydrogen-bond donors (Lipinski definition) is 0. The number of piperazine rings is 1. The predicted molar refractivity (Wildman–Crippen MR) is 116 cm³/mol. The number of nitrogens with zero attached hydrogens (tertiary/aromatic N) is 6. The van der Waals surface area contributed by atoms with Crippen LogP contribution in [0.4, 0.5) is 5.82 Å². The lowest BCUT2D eigenvalue weighted by atomic mass is 10.1. The minimum absolute atomic E-state index is 0.702. The highest BCUT2D eigenvalue weighted by Gasteiger charge is 2.23. The van der Waals surface area contributed by atoms with Gasteiger partial charge in [0, 0.05) is 49.1 Å². The van der Waals surface area contributed by atoms with Crippen molar-refractivity contribution >= 4 is 55.3 Å². The van der Waals surface area contributed by atoms with Crippen molar-refractivity contribution in [3.63, 3.8) is 0 Å². The maximum Gasteiger partial charge on any atom is 0.157 e. The molecule has 1 aliphatic heterocycles. The third kappa shape index (κ3) is 3.66. The molecule has 8 heteroatoms. The lowest BCUT2D eigenvalue weighted by Gasteiger charge is -2.33. The summed E-state index contributed by atoms with van der Waals surface area (Å²) in [6.45, 7) is 5.76. The highest BCUT2D eigenvalue weighted by molar-refractivity contribution is 9.10. The molecular weight excluding hydrogens is 428 g/mol. The van der Waals surface area contributed by atoms with Crippen LogP contribution in [0.5, 0.6) is 0 Å². The molecule has 6 nitrogen and oxygen atoms in total. The Kier molecular flexibility index (Phi) is 5.29. The minimum atomic E-state index is 0.702. The van der Waals surface area contributed by atoms with E-state index in [4.69, 9.17) is 21.6 Å². The van der Waals surface area contributed by atoms with Crippen LogP contribution in [-0.4, -0.2) is 78.2 Å². The van der Waals surface area contributed by atoms with Crippen LogP contribution in [0.1, 0.15) is 0 Å². The molecule has 0 bridgehead atoms. The Hall–Kier alpha value is -1.41. The maximum atomic E-state index is 6.65. The van der Waals surface area contributed by atoms with E-state index >= 15 is 0 Å². The van der Waals surface area contributed by atoms with Gasteiger partial charge in [-0.15, -0.1) is 0 Å². The fourth-order valence-electron chi connectivity index (χ4n) is 3.57. The Labute approximate surface area is 172 Å². The lowest BCUT2D eigenvalue weighted by molar-refractivity contribution is 0.312. The second-order valence-electron chi connectivity index (χ2n) is 7.45. The molecule has 0 radical (unpaired) electrons. The number of benzene rings is 1. The predicted octanol–water partition coefficient (Wildman–Crippen LogP) is 3.31. The molecule has 0 N–H and O–H groups in total. The highest BCUT2D eigenvalue weighted by Crippen LogP contribution is 2.36. The fraction of sp³-hybridized carbons (Fsp3) is 0.474. The molecule has 1 aliphatic rings. The molecule has 0 amide bonds. The zero-order chi connectivity index (χ0) is 19.1. The van der Waals surface area contributed by atoms with E-state index < -0.39 is 0 Å². The number of imidazole rings is 1. The molecule has 144 valence electrons. The number of pyridine rings is 1. The van der Waals surface area contributed by atoms with Crippen molar-refractivity contribution in [1.29, 1.82) is 0 Å². The summed E-state index contributed by atoms with van der Waals surface area (Å²) in [5.74, 6) is 0.961. The summed E-state index contributed by atoms with van der Waals surface area (Å²) in [4.78, 5) is 16.6. The first-order valence-corrected chi connectivity index (χ1v) is 10.3. The van der Waals surface area contributed by atoms with Crippen molar-refractivity contribution < 1.29 is 0 Å². The van der Waals surface area contributed by atoms with Gasteiger partial charge in [0.15, 0.2) is 5.82 Å². The van der Waals surface area contributed by atoms with E-state index in [0.717, 1.165) is 71.5 Å². The number of likely N-dealkylation sites (N-methyl/N-ethyl adjacent to an activating group) is 2. The minimum Gasteiger partial charge on any atom is -0.352 e. The Morgan fingerprint density at radius 2 is 1.93 bits per heavy atom. The van der Waals surface area contributed by atoms with Gasteiger partial charge in [0.1, 0.15) is 5.52 Å². The Bertz CT molecular complexity index is 977. The van der Waals surface area contributed by atoms with Crippen molar-refractivity contribution in [1.82, 2.24) is 24.3 Å². The van der Waals surface area contributed by atoms with Gasteiger partial charge in [0.05, 0.1) is 22.4 Å². The van der Waals surface area contributed by atoms with Crippen molar-refractivity contribution in [2.24, 2.45) is 0 Å². The van der Waals surface area contributed by atoms with Gasteiger partial charge in [-0.3, -0.25) is 0 Å². The molecule has 4 rings (SSSR count). The van der Waals surface area contributed by atoms with Crippen LogP contribution in [0.2, 0.25) is 5.02 Å². The van der Waals surface area contributed by atoms with Gasteiger partial charge in [0.25, 0.3) is 0 Å². The van der Waals surface area contributed by atoms with Gasteiger partial charge < -0.3 is 19.3 Å². The van der Waals surface area contributed by atoms with Gasteiger partial charge in [0.2, 0.25) is 0 Å². The van der Waals surface area contributed by atoms with E-state index in [0.29, 0.717) is 5.02 Å². The number of aromatic nitrogens is 3. The van der Waals surface area contributed by atoms with Crippen molar-refractivity contribution in [2.75, 3.05) is 58.8 Å². The van der Waals surface area contributed by atoms with E-state index in [1.54, 1.807) is 0 Å². The summed E-state index contributed by atoms with van der Waals surface area (Å²) < 4.78 is 3.15.